The molecule has 0 aliphatic carbocycles. The zero-order valence-corrected chi connectivity index (χ0v) is 32.1. The average molecular weight is 772 g/mol. The van der Waals surface area contributed by atoms with Gasteiger partial charge in [0.15, 0.2) is 0 Å². The quantitative estimate of drug-likeness (QED) is 0.0734. The Labute approximate surface area is 325 Å². The zero-order chi connectivity index (χ0) is 39.4. The van der Waals surface area contributed by atoms with Gasteiger partial charge >= 0.3 is 8.25 Å². The summed E-state index contributed by atoms with van der Waals surface area (Å²) in [5, 5.41) is 14.4. The van der Waals surface area contributed by atoms with Gasteiger partial charge in [-0.2, -0.15) is 10.2 Å². The molecule has 14 heteroatoms. The fraction of sp³-hybridized carbons (Fsp3) is 0.143. The summed E-state index contributed by atoms with van der Waals surface area (Å²) in [7, 11) is 4.53. The van der Waals surface area contributed by atoms with Crippen molar-refractivity contribution >= 4 is 43.6 Å². The number of anilines is 2. The second kappa shape index (κ2) is 18.6. The molecule has 0 aliphatic rings. The predicted molar refractivity (Wildman–Crippen MR) is 216 cm³/mol. The molecule has 6 aromatic rings. The van der Waals surface area contributed by atoms with Crippen molar-refractivity contribution in [3.8, 4) is 34.0 Å². The number of benzene rings is 4. The van der Waals surface area contributed by atoms with Gasteiger partial charge in [-0.25, -0.2) is 0 Å². The minimum Gasteiger partial charge on any atom is -0.497 e. The summed E-state index contributed by atoms with van der Waals surface area (Å²) in [6, 6.07) is 29.3. The molecule has 6 rings (SSSR count). The number of methoxy groups -OCH3 is 2. The van der Waals surface area contributed by atoms with Gasteiger partial charge < -0.3 is 20.1 Å². The maximum Gasteiger partial charge on any atom is 0.698 e. The van der Waals surface area contributed by atoms with E-state index in [-0.39, 0.29) is 25.0 Å². The van der Waals surface area contributed by atoms with E-state index >= 15 is 0 Å². The van der Waals surface area contributed by atoms with E-state index in [4.69, 9.17) is 18.5 Å². The van der Waals surface area contributed by atoms with E-state index in [1.54, 1.807) is 96.7 Å². The van der Waals surface area contributed by atoms with E-state index < -0.39 is 8.25 Å². The molecular weight excluding hydrogens is 731 g/mol. The molecule has 0 fully saturated rings. The number of nitrogens with zero attached hydrogens (tertiary/aromatic N) is 4. The maximum absolute atomic E-state index is 12.7. The third-order valence-electron chi connectivity index (χ3n) is 8.61. The van der Waals surface area contributed by atoms with Gasteiger partial charge in [0, 0.05) is 64.4 Å². The van der Waals surface area contributed by atoms with Gasteiger partial charge in [-0.05, 0) is 96.1 Å². The topological polar surface area (TPSA) is 148 Å². The highest BCUT2D eigenvalue weighted by Gasteiger charge is 2.21. The molecule has 0 bridgehead atoms. The van der Waals surface area contributed by atoms with Crippen LogP contribution in [-0.4, -0.2) is 45.6 Å². The molecule has 4 aromatic carbocycles. The van der Waals surface area contributed by atoms with Crippen LogP contribution < -0.4 is 20.1 Å². The molecule has 13 nitrogen and oxygen atoms in total. The van der Waals surface area contributed by atoms with Gasteiger partial charge in [0.1, 0.15) is 24.7 Å². The number of aromatic nitrogens is 4. The Hall–Kier alpha value is -6.66. The molecule has 2 amide bonds. The first-order valence-corrected chi connectivity index (χ1v) is 18.5. The van der Waals surface area contributed by atoms with Crippen molar-refractivity contribution in [3.05, 3.63) is 144 Å². The Morgan fingerprint density at radius 2 is 0.982 bits per heavy atom. The van der Waals surface area contributed by atoms with Crippen LogP contribution in [0.3, 0.4) is 0 Å². The average Bonchev–Trinajstić information content (AvgIpc) is 3.79. The van der Waals surface area contributed by atoms with Gasteiger partial charge in [-0.15, -0.1) is 9.05 Å². The highest BCUT2D eigenvalue weighted by Crippen LogP contribution is 2.29. The van der Waals surface area contributed by atoms with Gasteiger partial charge in [0.05, 0.1) is 38.0 Å². The van der Waals surface area contributed by atoms with E-state index in [2.05, 4.69) is 20.8 Å². The minimum absolute atomic E-state index is 0.0532. The van der Waals surface area contributed by atoms with Crippen LogP contribution in [0.5, 0.6) is 11.5 Å². The number of hydrogen-bond acceptors (Lipinski definition) is 9. The molecule has 0 atom stereocenters. The van der Waals surface area contributed by atoms with E-state index in [1.807, 2.05) is 62.6 Å². The van der Waals surface area contributed by atoms with Crippen LogP contribution in [0.15, 0.2) is 122 Å². The Morgan fingerprint density at radius 1 is 0.607 bits per heavy atom. The van der Waals surface area contributed by atoms with Crippen LogP contribution in [0, 0.1) is 0 Å². The van der Waals surface area contributed by atoms with Crippen molar-refractivity contribution in [2.45, 2.75) is 13.2 Å². The second-order valence-corrected chi connectivity index (χ2v) is 13.4. The number of amides is 2. The summed E-state index contributed by atoms with van der Waals surface area (Å²) in [6.45, 7) is 0.106. The first-order chi connectivity index (χ1) is 27.2. The lowest BCUT2D eigenvalue weighted by Crippen LogP contribution is -2.07. The van der Waals surface area contributed by atoms with Crippen LogP contribution >= 0.6 is 8.25 Å². The van der Waals surface area contributed by atoms with Gasteiger partial charge in [-0.1, -0.05) is 24.3 Å². The lowest BCUT2D eigenvalue weighted by atomic mass is 10.1. The van der Waals surface area contributed by atoms with Crippen LogP contribution in [0.4, 0.5) is 11.4 Å². The van der Waals surface area contributed by atoms with E-state index in [9.17, 15) is 14.2 Å². The second-order valence-electron chi connectivity index (χ2n) is 12.4. The SMILES string of the molecule is COc1ccc(-c2c(/C=C\C(=O)Nc3ccc(CO[P+](=O)OCc4ccc(NC(=O)/C=C\c5cnn(C)c5-c5ccc(OC)cc5)cc4)cc3)cnn2C)cc1. The first-order valence-electron chi connectivity index (χ1n) is 17.4. The van der Waals surface area contributed by atoms with Crippen LogP contribution in [0.25, 0.3) is 34.7 Å². The van der Waals surface area contributed by atoms with Crippen molar-refractivity contribution < 1.29 is 32.7 Å². The minimum atomic E-state index is -2.40. The van der Waals surface area contributed by atoms with Crippen molar-refractivity contribution in [2.24, 2.45) is 14.1 Å². The molecule has 2 aromatic heterocycles. The lowest BCUT2D eigenvalue weighted by molar-refractivity contribution is -0.112. The first kappa shape index (κ1) is 39.0. The van der Waals surface area contributed by atoms with E-state index in [1.165, 1.54) is 12.2 Å². The molecule has 284 valence electrons. The molecule has 0 radical (unpaired) electrons. The van der Waals surface area contributed by atoms with Gasteiger partial charge in [0.25, 0.3) is 0 Å². The normalized spacial score (nSPS) is 11.2. The predicted octanol–water partition coefficient (Wildman–Crippen LogP) is 8.20. The third-order valence-corrected chi connectivity index (χ3v) is 9.29. The number of aryl methyl sites for hydroxylation is 2. The molecule has 0 saturated heterocycles. The number of hydrogen-bond donors (Lipinski definition) is 2. The van der Waals surface area contributed by atoms with Crippen LogP contribution in [-0.2, 0) is 50.5 Å². The Balaban J connectivity index is 0.922. The summed E-state index contributed by atoms with van der Waals surface area (Å²) >= 11 is 0. The van der Waals surface area contributed by atoms with E-state index in [0.29, 0.717) is 11.4 Å². The summed E-state index contributed by atoms with van der Waals surface area (Å²) in [6.07, 6.45) is 9.75. The Bertz CT molecular complexity index is 2180. The Kier molecular flexibility index (Phi) is 13.0. The van der Waals surface area contributed by atoms with Crippen LogP contribution in [0.2, 0.25) is 0 Å². The third kappa shape index (κ3) is 10.3. The smallest absolute Gasteiger partial charge is 0.497 e. The van der Waals surface area contributed by atoms with Gasteiger partial charge in [0.2, 0.25) is 11.8 Å². The highest BCUT2D eigenvalue weighted by molar-refractivity contribution is 7.33. The van der Waals surface area contributed by atoms with Crippen molar-refractivity contribution in [1.82, 2.24) is 19.6 Å². The van der Waals surface area contributed by atoms with Crippen LogP contribution in [0.1, 0.15) is 22.3 Å². The molecule has 0 spiro atoms. The molecule has 0 saturated carbocycles. The Morgan fingerprint density at radius 3 is 1.34 bits per heavy atom. The molecule has 0 unspecified atom stereocenters. The summed E-state index contributed by atoms with van der Waals surface area (Å²) < 4.78 is 37.3. The summed E-state index contributed by atoms with van der Waals surface area (Å²) in [5.74, 6) is 0.901. The molecule has 2 heterocycles. The highest BCUT2D eigenvalue weighted by atomic mass is 31.1. The number of ether oxygens (including phenoxy) is 2. The molecular formula is C42H40N6O7P+. The van der Waals surface area contributed by atoms with Crippen molar-refractivity contribution in [2.75, 3.05) is 24.9 Å². The largest absolute Gasteiger partial charge is 0.698 e. The van der Waals surface area contributed by atoms with Gasteiger partial charge in [-0.3, -0.25) is 19.0 Å². The lowest BCUT2D eigenvalue weighted by Gasteiger charge is -2.06. The summed E-state index contributed by atoms with van der Waals surface area (Å²) in [4.78, 5) is 25.3. The molecule has 2 N–H and O–H groups in total. The number of rotatable bonds is 16. The number of carbonyl (C=O) groups is 2. The monoisotopic (exact) mass is 771 g/mol. The number of nitrogens with one attached hydrogen (secondary N) is 2. The van der Waals surface area contributed by atoms with Crippen molar-refractivity contribution in [3.63, 3.8) is 0 Å². The summed E-state index contributed by atoms with van der Waals surface area (Å²) in [5.41, 5.74) is 7.90. The maximum atomic E-state index is 12.7. The molecule has 0 aliphatic heterocycles. The standard InChI is InChI=1S/C42H39N6O7P/c1-47-41(31-9-19-37(52-3)20-10-31)33(25-43-47)13-23-39(49)45-35-15-5-29(6-16-35)27-54-56(51)55-28-30-7-17-36(18-8-30)46-40(50)24-14-34-26-44-48(2)42(34)32-11-21-38(53-4)22-12-32/h5-26H,27-28H2,1-4H3,(H-,45,46,49,50)/p+1/b23-13-,24-14-. The molecule has 56 heavy (non-hydrogen) atoms. The number of carbonyl (C=O) groups excluding carboxylic acids is 2. The fourth-order valence-corrected chi connectivity index (χ4v) is 6.30. The zero-order valence-electron chi connectivity index (χ0n) is 31.2. The van der Waals surface area contributed by atoms with E-state index in [0.717, 1.165) is 56.3 Å². The van der Waals surface area contributed by atoms with Crippen molar-refractivity contribution in [1.29, 1.82) is 0 Å². The fourth-order valence-electron chi connectivity index (χ4n) is 5.72.